The zero-order valence-corrected chi connectivity index (χ0v) is 17.6. The number of ether oxygens (including phenoxy) is 2. The smallest absolute Gasteiger partial charge is 0.261 e. The van der Waals surface area contributed by atoms with Gasteiger partial charge in [0.15, 0.2) is 0 Å². The average Bonchev–Trinajstić information content (AvgIpc) is 2.77. The second kappa shape index (κ2) is 9.64. The normalized spacial score (nSPS) is 14.1. The number of anilines is 2. The third kappa shape index (κ3) is 5.11. The van der Waals surface area contributed by atoms with Crippen molar-refractivity contribution < 1.29 is 22.7 Å². The van der Waals surface area contributed by atoms with E-state index in [1.165, 1.54) is 19.2 Å². The Morgan fingerprint density at radius 2 is 1.90 bits per heavy atom. The molecule has 9 heteroatoms. The van der Waals surface area contributed by atoms with E-state index < -0.39 is 10.0 Å². The molecule has 1 heterocycles. The molecule has 0 atom stereocenters. The first kappa shape index (κ1) is 21.7. The number of hydrogen-bond acceptors (Lipinski definition) is 6. The maximum Gasteiger partial charge on any atom is 0.261 e. The van der Waals surface area contributed by atoms with Crippen molar-refractivity contribution in [3.8, 4) is 5.75 Å². The molecule has 0 unspecified atom stereocenters. The number of nitrogens with zero attached hydrogens (tertiary/aromatic N) is 1. The molecule has 1 fully saturated rings. The summed E-state index contributed by atoms with van der Waals surface area (Å²) in [6.45, 7) is 6.24. The van der Waals surface area contributed by atoms with E-state index in [1.807, 2.05) is 4.90 Å². The van der Waals surface area contributed by atoms with Crippen molar-refractivity contribution in [2.45, 2.75) is 4.90 Å². The Kier molecular flexibility index (Phi) is 6.96. The molecule has 1 saturated heterocycles. The summed E-state index contributed by atoms with van der Waals surface area (Å²) >= 11 is 0. The number of nitrogens with one attached hydrogen (secondary N) is 2. The standard InChI is InChI=1S/C21H25N3O5S/c1-3-10-22-21(25)16-4-9-20(24-11-13-29-14-12-24)19(15-16)23-30(26,27)18-7-5-17(28-2)6-8-18/h3-9,15,23H,1,10-14H2,2H3,(H,22,25). The van der Waals surface area contributed by atoms with Crippen molar-refractivity contribution in [2.24, 2.45) is 0 Å². The minimum Gasteiger partial charge on any atom is -0.497 e. The lowest BCUT2D eigenvalue weighted by Crippen LogP contribution is -2.37. The van der Waals surface area contributed by atoms with Gasteiger partial charge in [0.25, 0.3) is 15.9 Å². The van der Waals surface area contributed by atoms with Crippen LogP contribution >= 0.6 is 0 Å². The molecular weight excluding hydrogens is 406 g/mol. The zero-order chi connectivity index (χ0) is 21.6. The molecule has 30 heavy (non-hydrogen) atoms. The largest absolute Gasteiger partial charge is 0.497 e. The average molecular weight is 432 g/mol. The van der Waals surface area contributed by atoms with Crippen LogP contribution in [0, 0.1) is 0 Å². The highest BCUT2D eigenvalue weighted by Gasteiger charge is 2.21. The highest BCUT2D eigenvalue weighted by molar-refractivity contribution is 7.92. The fraction of sp³-hybridized carbons (Fsp3) is 0.286. The fourth-order valence-electron chi connectivity index (χ4n) is 3.06. The van der Waals surface area contributed by atoms with Crippen molar-refractivity contribution in [1.82, 2.24) is 5.32 Å². The Morgan fingerprint density at radius 1 is 1.20 bits per heavy atom. The third-order valence-corrected chi connectivity index (χ3v) is 6.01. The molecule has 2 aromatic rings. The quantitative estimate of drug-likeness (QED) is 0.623. The van der Waals surface area contributed by atoms with E-state index in [0.717, 1.165) is 0 Å². The molecular formula is C21H25N3O5S. The van der Waals surface area contributed by atoms with Crippen LogP contribution < -0.4 is 19.7 Å². The summed E-state index contributed by atoms with van der Waals surface area (Å²) in [5.74, 6) is 0.247. The van der Waals surface area contributed by atoms with Gasteiger partial charge in [-0.05, 0) is 42.5 Å². The molecule has 0 aromatic heterocycles. The van der Waals surface area contributed by atoms with Crippen LogP contribution in [0.5, 0.6) is 5.75 Å². The van der Waals surface area contributed by atoms with Crippen LogP contribution in [0.15, 0.2) is 60.0 Å². The lowest BCUT2D eigenvalue weighted by Gasteiger charge is -2.31. The molecule has 0 saturated carbocycles. The van der Waals surface area contributed by atoms with Crippen LogP contribution in [0.3, 0.4) is 0 Å². The van der Waals surface area contributed by atoms with Gasteiger partial charge in [0.2, 0.25) is 0 Å². The molecule has 1 aliphatic heterocycles. The van der Waals surface area contributed by atoms with E-state index in [4.69, 9.17) is 9.47 Å². The number of morpholine rings is 1. The number of carbonyl (C=O) groups excluding carboxylic acids is 1. The summed E-state index contributed by atoms with van der Waals surface area (Å²) in [7, 11) is -2.36. The maximum atomic E-state index is 13.0. The first-order chi connectivity index (χ1) is 14.4. The zero-order valence-electron chi connectivity index (χ0n) is 16.8. The van der Waals surface area contributed by atoms with Crippen molar-refractivity contribution in [3.63, 3.8) is 0 Å². The molecule has 2 aromatic carbocycles. The van der Waals surface area contributed by atoms with E-state index in [2.05, 4.69) is 16.6 Å². The molecule has 0 radical (unpaired) electrons. The predicted octanol–water partition coefficient (Wildman–Crippen LogP) is 2.25. The Labute approximate surface area is 176 Å². The van der Waals surface area contributed by atoms with Gasteiger partial charge in [-0.25, -0.2) is 8.42 Å². The second-order valence-electron chi connectivity index (χ2n) is 6.61. The number of carbonyl (C=O) groups is 1. The number of hydrogen-bond donors (Lipinski definition) is 2. The summed E-state index contributed by atoms with van der Waals surface area (Å²) in [6, 6.07) is 11.1. The van der Waals surface area contributed by atoms with Crippen molar-refractivity contribution in [1.29, 1.82) is 0 Å². The molecule has 160 valence electrons. The number of rotatable bonds is 8. The van der Waals surface area contributed by atoms with E-state index in [-0.39, 0.29) is 10.8 Å². The Balaban J connectivity index is 1.95. The lowest BCUT2D eigenvalue weighted by molar-refractivity contribution is 0.0958. The number of sulfonamides is 1. The number of benzene rings is 2. The Hall–Kier alpha value is -3.04. The van der Waals surface area contributed by atoms with Crippen LogP contribution in [0.2, 0.25) is 0 Å². The molecule has 3 rings (SSSR count). The SMILES string of the molecule is C=CCNC(=O)c1ccc(N2CCOCC2)c(NS(=O)(=O)c2ccc(OC)cc2)c1. The van der Waals surface area contributed by atoms with Crippen LogP contribution in [0.4, 0.5) is 11.4 Å². The fourth-order valence-corrected chi connectivity index (χ4v) is 4.13. The molecule has 2 N–H and O–H groups in total. The van der Waals surface area contributed by atoms with Crippen LogP contribution in [-0.2, 0) is 14.8 Å². The van der Waals surface area contributed by atoms with Gasteiger partial charge in [-0.1, -0.05) is 6.08 Å². The Bertz CT molecular complexity index is 1000. The summed E-state index contributed by atoms with van der Waals surface area (Å²) in [4.78, 5) is 14.5. The van der Waals surface area contributed by atoms with E-state index >= 15 is 0 Å². The predicted molar refractivity (Wildman–Crippen MR) is 116 cm³/mol. The minimum absolute atomic E-state index is 0.0951. The minimum atomic E-state index is -3.87. The van der Waals surface area contributed by atoms with Gasteiger partial charge in [0.05, 0.1) is 36.6 Å². The topological polar surface area (TPSA) is 97.0 Å². The second-order valence-corrected chi connectivity index (χ2v) is 8.29. The molecule has 0 aliphatic carbocycles. The molecule has 1 aliphatic rings. The van der Waals surface area contributed by atoms with E-state index in [1.54, 1.807) is 36.4 Å². The molecule has 0 bridgehead atoms. The van der Waals surface area contributed by atoms with E-state index in [0.29, 0.717) is 55.5 Å². The highest BCUT2D eigenvalue weighted by atomic mass is 32.2. The summed E-state index contributed by atoms with van der Waals surface area (Å²) in [5, 5.41) is 2.70. The number of amides is 1. The van der Waals surface area contributed by atoms with Gasteiger partial charge in [-0.3, -0.25) is 9.52 Å². The molecule has 0 spiro atoms. The van der Waals surface area contributed by atoms with Crippen LogP contribution in [-0.4, -0.2) is 54.3 Å². The van der Waals surface area contributed by atoms with Gasteiger partial charge in [0, 0.05) is 25.2 Å². The van der Waals surface area contributed by atoms with Crippen molar-refractivity contribution in [2.75, 3.05) is 49.6 Å². The first-order valence-corrected chi connectivity index (χ1v) is 11.0. The van der Waals surface area contributed by atoms with Crippen molar-refractivity contribution >= 4 is 27.3 Å². The lowest BCUT2D eigenvalue weighted by atomic mass is 10.1. The number of methoxy groups -OCH3 is 1. The van der Waals surface area contributed by atoms with Gasteiger partial charge >= 0.3 is 0 Å². The maximum absolute atomic E-state index is 13.0. The molecule has 1 amide bonds. The summed E-state index contributed by atoms with van der Waals surface area (Å²) < 4.78 is 39.1. The monoisotopic (exact) mass is 431 g/mol. The Morgan fingerprint density at radius 3 is 2.53 bits per heavy atom. The van der Waals surface area contributed by atoms with Gasteiger partial charge in [-0.2, -0.15) is 0 Å². The van der Waals surface area contributed by atoms with Gasteiger partial charge < -0.3 is 19.7 Å². The molecule has 8 nitrogen and oxygen atoms in total. The van der Waals surface area contributed by atoms with Gasteiger partial charge in [0.1, 0.15) is 5.75 Å². The van der Waals surface area contributed by atoms with Crippen molar-refractivity contribution in [3.05, 3.63) is 60.7 Å². The van der Waals surface area contributed by atoms with Gasteiger partial charge in [-0.15, -0.1) is 6.58 Å². The van der Waals surface area contributed by atoms with Crippen LogP contribution in [0.1, 0.15) is 10.4 Å². The van der Waals surface area contributed by atoms with Crippen LogP contribution in [0.25, 0.3) is 0 Å². The third-order valence-electron chi connectivity index (χ3n) is 4.63. The summed E-state index contributed by atoms with van der Waals surface area (Å²) in [6.07, 6.45) is 1.58. The highest BCUT2D eigenvalue weighted by Crippen LogP contribution is 2.30. The first-order valence-electron chi connectivity index (χ1n) is 9.47. The summed E-state index contributed by atoms with van der Waals surface area (Å²) in [5.41, 5.74) is 1.37. The van der Waals surface area contributed by atoms with E-state index in [9.17, 15) is 13.2 Å².